The fourth-order valence-corrected chi connectivity index (χ4v) is 2.72. The highest BCUT2D eigenvalue weighted by atomic mass is 14.8. The minimum atomic E-state index is 0.479. The Labute approximate surface area is 102 Å². The van der Waals surface area contributed by atoms with Gasteiger partial charge in [-0.1, -0.05) is 47.0 Å². The van der Waals surface area contributed by atoms with Gasteiger partial charge in [0.2, 0.25) is 0 Å². The molecule has 0 aromatic carbocycles. The van der Waals surface area contributed by atoms with Crippen molar-refractivity contribution in [2.75, 3.05) is 13.1 Å². The normalized spacial score (nSPS) is 27.0. The minimum Gasteiger partial charge on any atom is -0.317 e. The van der Waals surface area contributed by atoms with Crippen molar-refractivity contribution >= 4 is 0 Å². The summed E-state index contributed by atoms with van der Waals surface area (Å²) in [6, 6.07) is 0. The molecule has 1 fully saturated rings. The molecule has 16 heavy (non-hydrogen) atoms. The molecule has 0 bridgehead atoms. The average molecular weight is 225 g/mol. The molecule has 1 aliphatic rings. The van der Waals surface area contributed by atoms with Crippen molar-refractivity contribution in [3.63, 3.8) is 0 Å². The molecular formula is C15H31N. The first-order valence-corrected chi connectivity index (χ1v) is 7.18. The maximum atomic E-state index is 3.60. The van der Waals surface area contributed by atoms with Gasteiger partial charge in [-0.05, 0) is 49.6 Å². The second-order valence-electron chi connectivity index (χ2n) is 6.99. The van der Waals surface area contributed by atoms with Crippen LogP contribution in [0.3, 0.4) is 0 Å². The monoisotopic (exact) mass is 225 g/mol. The van der Waals surface area contributed by atoms with Crippen LogP contribution in [-0.2, 0) is 0 Å². The lowest BCUT2D eigenvalue weighted by Crippen LogP contribution is -2.24. The number of rotatable bonds is 5. The van der Waals surface area contributed by atoms with Gasteiger partial charge in [0.15, 0.2) is 0 Å². The Hall–Kier alpha value is -0.0400. The predicted octanol–water partition coefficient (Wildman–Crippen LogP) is 4.23. The number of hydrogen-bond donors (Lipinski definition) is 1. The molecule has 1 rings (SSSR count). The third-order valence-corrected chi connectivity index (χ3v) is 3.83. The maximum Gasteiger partial charge on any atom is -0.00439 e. The molecule has 0 saturated heterocycles. The molecule has 0 aromatic rings. The lowest BCUT2D eigenvalue weighted by molar-refractivity contribution is 0.265. The van der Waals surface area contributed by atoms with E-state index in [1.807, 2.05) is 0 Å². The van der Waals surface area contributed by atoms with Crippen LogP contribution < -0.4 is 5.32 Å². The maximum absolute atomic E-state index is 3.60. The van der Waals surface area contributed by atoms with E-state index in [9.17, 15) is 0 Å². The first-order chi connectivity index (χ1) is 7.47. The molecule has 2 atom stereocenters. The second-order valence-corrected chi connectivity index (χ2v) is 6.99. The van der Waals surface area contributed by atoms with Crippen LogP contribution in [0.5, 0.6) is 0 Å². The van der Waals surface area contributed by atoms with Crippen molar-refractivity contribution in [1.29, 1.82) is 0 Å². The Morgan fingerprint density at radius 3 is 2.50 bits per heavy atom. The van der Waals surface area contributed by atoms with Crippen molar-refractivity contribution in [3.05, 3.63) is 0 Å². The summed E-state index contributed by atoms with van der Waals surface area (Å²) in [7, 11) is 0. The molecule has 1 N–H and O–H groups in total. The Kier molecular flexibility index (Phi) is 5.82. The van der Waals surface area contributed by atoms with Gasteiger partial charge in [0.05, 0.1) is 0 Å². The highest BCUT2D eigenvalue weighted by molar-refractivity contribution is 4.71. The third-order valence-electron chi connectivity index (χ3n) is 3.83. The SMILES string of the molecule is CC1CCCC(CCNCCC(C)(C)C)C1. The van der Waals surface area contributed by atoms with Crippen molar-refractivity contribution in [2.45, 2.75) is 66.2 Å². The van der Waals surface area contributed by atoms with Crippen molar-refractivity contribution in [1.82, 2.24) is 5.32 Å². The smallest absolute Gasteiger partial charge is 0.00439 e. The summed E-state index contributed by atoms with van der Waals surface area (Å²) in [5.41, 5.74) is 0.479. The molecule has 0 aromatic heterocycles. The van der Waals surface area contributed by atoms with E-state index in [2.05, 4.69) is 33.0 Å². The van der Waals surface area contributed by atoms with Gasteiger partial charge < -0.3 is 5.32 Å². The van der Waals surface area contributed by atoms with Crippen LogP contribution >= 0.6 is 0 Å². The molecule has 1 saturated carbocycles. The van der Waals surface area contributed by atoms with Crippen LogP contribution in [0.25, 0.3) is 0 Å². The zero-order valence-electron chi connectivity index (χ0n) is 11.8. The van der Waals surface area contributed by atoms with E-state index in [1.54, 1.807) is 0 Å². The summed E-state index contributed by atoms with van der Waals surface area (Å²) < 4.78 is 0. The first-order valence-electron chi connectivity index (χ1n) is 7.18. The van der Waals surface area contributed by atoms with Crippen molar-refractivity contribution in [3.8, 4) is 0 Å². The molecule has 2 unspecified atom stereocenters. The average Bonchev–Trinajstić information content (AvgIpc) is 2.15. The number of hydrogen-bond acceptors (Lipinski definition) is 1. The molecule has 1 heteroatoms. The lowest BCUT2D eigenvalue weighted by Gasteiger charge is -2.27. The van der Waals surface area contributed by atoms with E-state index in [4.69, 9.17) is 0 Å². The molecular weight excluding hydrogens is 194 g/mol. The second kappa shape index (κ2) is 6.64. The van der Waals surface area contributed by atoms with Crippen molar-refractivity contribution in [2.24, 2.45) is 17.3 Å². The topological polar surface area (TPSA) is 12.0 Å². The van der Waals surface area contributed by atoms with Gasteiger partial charge in [-0.2, -0.15) is 0 Å². The summed E-state index contributed by atoms with van der Waals surface area (Å²) in [5, 5.41) is 3.60. The molecule has 96 valence electrons. The van der Waals surface area contributed by atoms with Crippen LogP contribution in [0.1, 0.15) is 66.2 Å². The van der Waals surface area contributed by atoms with E-state index in [-0.39, 0.29) is 0 Å². The highest BCUT2D eigenvalue weighted by Crippen LogP contribution is 2.30. The van der Waals surface area contributed by atoms with Crippen LogP contribution in [0.15, 0.2) is 0 Å². The minimum absolute atomic E-state index is 0.479. The van der Waals surface area contributed by atoms with E-state index >= 15 is 0 Å². The quantitative estimate of drug-likeness (QED) is 0.691. The Bertz CT molecular complexity index is 180. The molecule has 0 heterocycles. The van der Waals surface area contributed by atoms with Gasteiger partial charge in [0.1, 0.15) is 0 Å². The molecule has 0 aliphatic heterocycles. The fraction of sp³-hybridized carbons (Fsp3) is 1.00. The fourth-order valence-electron chi connectivity index (χ4n) is 2.72. The van der Waals surface area contributed by atoms with Gasteiger partial charge in [-0.25, -0.2) is 0 Å². The Morgan fingerprint density at radius 2 is 1.88 bits per heavy atom. The summed E-state index contributed by atoms with van der Waals surface area (Å²) in [6.45, 7) is 11.8. The van der Waals surface area contributed by atoms with Gasteiger partial charge >= 0.3 is 0 Å². The molecule has 0 radical (unpaired) electrons. The molecule has 1 nitrogen and oxygen atoms in total. The van der Waals surface area contributed by atoms with Gasteiger partial charge in [0.25, 0.3) is 0 Å². The summed E-state index contributed by atoms with van der Waals surface area (Å²) in [6.07, 6.45) is 8.57. The highest BCUT2D eigenvalue weighted by Gasteiger charge is 2.18. The summed E-state index contributed by atoms with van der Waals surface area (Å²) in [5.74, 6) is 1.99. The molecule has 0 spiro atoms. The van der Waals surface area contributed by atoms with Crippen molar-refractivity contribution < 1.29 is 0 Å². The predicted molar refractivity (Wildman–Crippen MR) is 72.7 cm³/mol. The zero-order valence-corrected chi connectivity index (χ0v) is 11.8. The van der Waals surface area contributed by atoms with Crippen LogP contribution in [0.4, 0.5) is 0 Å². The Morgan fingerprint density at radius 1 is 1.12 bits per heavy atom. The zero-order chi connectivity index (χ0) is 12.0. The van der Waals surface area contributed by atoms with Gasteiger partial charge in [0, 0.05) is 0 Å². The Balaban J connectivity index is 1.98. The summed E-state index contributed by atoms with van der Waals surface area (Å²) in [4.78, 5) is 0. The van der Waals surface area contributed by atoms with Crippen LogP contribution in [-0.4, -0.2) is 13.1 Å². The van der Waals surface area contributed by atoms with Gasteiger partial charge in [-0.3, -0.25) is 0 Å². The molecule has 1 aliphatic carbocycles. The number of nitrogens with one attached hydrogen (secondary N) is 1. The van der Waals surface area contributed by atoms with E-state index in [0.29, 0.717) is 5.41 Å². The first kappa shape index (κ1) is 14.0. The van der Waals surface area contributed by atoms with E-state index in [0.717, 1.165) is 11.8 Å². The lowest BCUT2D eigenvalue weighted by atomic mass is 9.81. The van der Waals surface area contributed by atoms with Gasteiger partial charge in [-0.15, -0.1) is 0 Å². The molecule has 0 amide bonds. The largest absolute Gasteiger partial charge is 0.317 e. The van der Waals surface area contributed by atoms with E-state index < -0.39 is 0 Å². The summed E-state index contributed by atoms with van der Waals surface area (Å²) >= 11 is 0. The van der Waals surface area contributed by atoms with Crippen LogP contribution in [0, 0.1) is 17.3 Å². The standard InChI is InChI=1S/C15H31N/c1-13-6-5-7-14(12-13)8-10-16-11-9-15(2,3)4/h13-14,16H,5-12H2,1-4H3. The van der Waals surface area contributed by atoms with E-state index in [1.165, 1.54) is 51.6 Å². The third kappa shape index (κ3) is 6.52. The van der Waals surface area contributed by atoms with Crippen LogP contribution in [0.2, 0.25) is 0 Å².